The molecule has 0 bridgehead atoms. The summed E-state index contributed by atoms with van der Waals surface area (Å²) in [5.74, 6) is -1.33. The molecule has 2 aliphatic rings. The molecule has 4 atom stereocenters. The van der Waals surface area contributed by atoms with Gasteiger partial charge >= 0.3 is 17.9 Å². The molecule has 1 saturated heterocycles. The molecule has 0 aromatic carbocycles. The van der Waals surface area contributed by atoms with E-state index in [-0.39, 0.29) is 18.3 Å². The van der Waals surface area contributed by atoms with Crippen molar-refractivity contribution in [2.75, 3.05) is 18.7 Å². The monoisotopic (exact) mass is 530 g/mol. The fourth-order valence-electron chi connectivity index (χ4n) is 4.24. The number of hydrogen-bond donors (Lipinski definition) is 1. The van der Waals surface area contributed by atoms with Gasteiger partial charge in [0.2, 0.25) is 5.91 Å². The van der Waals surface area contributed by atoms with Crippen molar-refractivity contribution in [3.63, 3.8) is 0 Å². The summed E-state index contributed by atoms with van der Waals surface area (Å²) < 4.78 is 23.9. The second kappa shape index (κ2) is 10.0. The molecule has 1 fully saturated rings. The Hall–Kier alpha value is -4.07. The summed E-state index contributed by atoms with van der Waals surface area (Å²) >= 11 is 0. The van der Waals surface area contributed by atoms with Gasteiger partial charge in [-0.2, -0.15) is 5.10 Å². The smallest absolute Gasteiger partial charge is 0.303 e. The number of nitrogens with zero attached hydrogens (tertiary/aromatic N) is 5. The Morgan fingerprint density at radius 2 is 1.68 bits per heavy atom. The maximum absolute atomic E-state index is 12.8. The van der Waals surface area contributed by atoms with Crippen LogP contribution in [-0.4, -0.2) is 76.2 Å². The van der Waals surface area contributed by atoms with Gasteiger partial charge in [-0.05, 0) is 0 Å². The van der Waals surface area contributed by atoms with E-state index in [1.54, 1.807) is 38.6 Å². The lowest BCUT2D eigenvalue weighted by atomic mass is 9.95. The average molecular weight is 531 g/mol. The summed E-state index contributed by atoms with van der Waals surface area (Å²) in [6, 6.07) is 0. The maximum atomic E-state index is 12.8. The predicted molar refractivity (Wildman–Crippen MR) is 132 cm³/mol. The fraction of sp³-hybridized carbons (Fsp3) is 0.542. The minimum atomic E-state index is -1.11. The highest BCUT2D eigenvalue weighted by molar-refractivity contribution is 6.19. The van der Waals surface area contributed by atoms with Crippen LogP contribution < -0.4 is 10.3 Å². The van der Waals surface area contributed by atoms with Gasteiger partial charge in [-0.3, -0.25) is 19.2 Å². The SMILES string of the molecule is CC(=O)OC[C@H]1O[C@@H](n2cc3c4c(ncnc42)N(C)N=C3NC(=O)C(C)(C)C)[C@H](OC(C)=O)[C@@H]1OC(C)=O. The van der Waals surface area contributed by atoms with Crippen molar-refractivity contribution in [3.8, 4) is 0 Å². The number of amidine groups is 1. The molecule has 0 radical (unpaired) electrons. The Kier molecular flexibility index (Phi) is 7.10. The first-order valence-electron chi connectivity index (χ1n) is 11.9. The molecule has 0 spiro atoms. The Labute approximate surface area is 218 Å². The zero-order valence-electron chi connectivity index (χ0n) is 22.2. The van der Waals surface area contributed by atoms with Crippen molar-refractivity contribution in [1.29, 1.82) is 0 Å². The quantitative estimate of drug-likeness (QED) is 0.434. The molecule has 2 aromatic heterocycles. The molecule has 1 N–H and O–H groups in total. The van der Waals surface area contributed by atoms with Gasteiger partial charge in [-0.25, -0.2) is 15.0 Å². The van der Waals surface area contributed by atoms with E-state index in [1.807, 2.05) is 0 Å². The number of hydrazone groups is 1. The number of esters is 3. The number of nitrogens with one attached hydrogen (secondary N) is 1. The van der Waals surface area contributed by atoms with E-state index in [4.69, 9.17) is 18.9 Å². The fourth-order valence-corrected chi connectivity index (χ4v) is 4.24. The molecular formula is C24H30N6O8. The molecule has 0 saturated carbocycles. The maximum Gasteiger partial charge on any atom is 0.303 e. The van der Waals surface area contributed by atoms with Gasteiger partial charge in [-0.1, -0.05) is 20.8 Å². The van der Waals surface area contributed by atoms with Crippen LogP contribution in [0.15, 0.2) is 17.6 Å². The number of aromatic nitrogens is 3. The predicted octanol–water partition coefficient (Wildman–Crippen LogP) is 1.03. The number of rotatable bonds is 5. The van der Waals surface area contributed by atoms with Crippen LogP contribution in [0.25, 0.3) is 11.0 Å². The molecule has 1 amide bonds. The third-order valence-corrected chi connectivity index (χ3v) is 5.93. The second-order valence-corrected chi connectivity index (χ2v) is 10.0. The average Bonchev–Trinajstić information content (AvgIpc) is 3.34. The Balaban J connectivity index is 1.82. The number of carbonyl (C=O) groups excluding carboxylic acids is 4. The van der Waals surface area contributed by atoms with Crippen molar-refractivity contribution in [2.45, 2.75) is 66.1 Å². The summed E-state index contributed by atoms with van der Waals surface area (Å²) in [7, 11) is 1.69. The van der Waals surface area contributed by atoms with E-state index in [1.165, 1.54) is 32.1 Å². The molecular weight excluding hydrogens is 500 g/mol. The van der Waals surface area contributed by atoms with Gasteiger partial charge in [0.05, 0.1) is 10.9 Å². The topological polar surface area (TPSA) is 164 Å². The first-order chi connectivity index (χ1) is 17.8. The summed E-state index contributed by atoms with van der Waals surface area (Å²) in [5, 5.41) is 9.44. The van der Waals surface area contributed by atoms with Crippen LogP contribution in [0.1, 0.15) is 53.3 Å². The zero-order valence-corrected chi connectivity index (χ0v) is 22.2. The minimum Gasteiger partial charge on any atom is -0.463 e. The van der Waals surface area contributed by atoms with Crippen LogP contribution in [0.2, 0.25) is 0 Å². The highest BCUT2D eigenvalue weighted by Gasteiger charge is 2.51. The summed E-state index contributed by atoms with van der Waals surface area (Å²) in [5.41, 5.74) is 0.224. The Bertz CT molecular complexity index is 1330. The Morgan fingerprint density at radius 1 is 1.03 bits per heavy atom. The van der Waals surface area contributed by atoms with Gasteiger partial charge in [0.25, 0.3) is 0 Å². The zero-order chi connectivity index (χ0) is 27.9. The molecule has 204 valence electrons. The van der Waals surface area contributed by atoms with Crippen LogP contribution in [0, 0.1) is 5.41 Å². The first-order valence-corrected chi connectivity index (χ1v) is 11.9. The molecule has 38 heavy (non-hydrogen) atoms. The van der Waals surface area contributed by atoms with Crippen LogP contribution in [-0.2, 0) is 38.1 Å². The number of ether oxygens (including phenoxy) is 4. The number of carbonyl (C=O) groups is 4. The van der Waals surface area contributed by atoms with E-state index < -0.39 is 47.9 Å². The molecule has 4 rings (SSSR count). The lowest BCUT2D eigenvalue weighted by Gasteiger charge is -2.24. The van der Waals surface area contributed by atoms with E-state index in [0.717, 1.165) is 0 Å². The molecule has 0 aliphatic carbocycles. The second-order valence-electron chi connectivity index (χ2n) is 10.0. The number of hydrogen-bond acceptors (Lipinski definition) is 12. The van der Waals surface area contributed by atoms with Crippen molar-refractivity contribution in [2.24, 2.45) is 10.5 Å². The molecule has 2 aromatic rings. The largest absolute Gasteiger partial charge is 0.463 e. The normalized spacial score (nSPS) is 22.6. The van der Waals surface area contributed by atoms with Crippen molar-refractivity contribution < 1.29 is 38.1 Å². The highest BCUT2D eigenvalue weighted by Crippen LogP contribution is 2.39. The van der Waals surface area contributed by atoms with E-state index in [2.05, 4.69) is 20.4 Å². The Morgan fingerprint density at radius 3 is 2.29 bits per heavy atom. The minimum absolute atomic E-state index is 0.245. The summed E-state index contributed by atoms with van der Waals surface area (Å²) in [4.78, 5) is 57.0. The standard InChI is InChI=1S/C24H30N6O8/c1-11(31)35-9-15-17(36-12(2)32)18(37-13(3)33)22(38-15)30-8-14-16-20(25-10-26-21(16)30)29(7)28-19(14)27-23(34)24(4,5)6/h8,10,15,17-18,22H,9H2,1-7H3,(H,27,28,34)/t15-,17-,18-,22-/m1/s1. The van der Waals surface area contributed by atoms with Crippen molar-refractivity contribution in [1.82, 2.24) is 19.9 Å². The number of amides is 1. The molecule has 4 heterocycles. The number of anilines is 1. The van der Waals surface area contributed by atoms with Crippen LogP contribution >= 0.6 is 0 Å². The molecule has 0 unspecified atom stereocenters. The van der Waals surface area contributed by atoms with Gasteiger partial charge < -0.3 is 28.8 Å². The van der Waals surface area contributed by atoms with E-state index >= 15 is 0 Å². The van der Waals surface area contributed by atoms with E-state index in [0.29, 0.717) is 22.4 Å². The summed E-state index contributed by atoms with van der Waals surface area (Å²) in [6.45, 7) is 8.76. The van der Waals surface area contributed by atoms with Crippen LogP contribution in [0.3, 0.4) is 0 Å². The van der Waals surface area contributed by atoms with Gasteiger partial charge in [0, 0.05) is 39.4 Å². The van der Waals surface area contributed by atoms with Gasteiger partial charge in [0.1, 0.15) is 24.7 Å². The molecule has 2 aliphatic heterocycles. The molecule has 14 heteroatoms. The highest BCUT2D eigenvalue weighted by atomic mass is 16.7. The van der Waals surface area contributed by atoms with E-state index in [9.17, 15) is 19.2 Å². The van der Waals surface area contributed by atoms with Crippen molar-refractivity contribution in [3.05, 3.63) is 18.1 Å². The van der Waals surface area contributed by atoms with Gasteiger partial charge in [-0.15, -0.1) is 0 Å². The lowest BCUT2D eigenvalue weighted by molar-refractivity contribution is -0.166. The van der Waals surface area contributed by atoms with Crippen LogP contribution in [0.4, 0.5) is 5.82 Å². The third-order valence-electron chi connectivity index (χ3n) is 5.93. The van der Waals surface area contributed by atoms with Crippen LogP contribution in [0.5, 0.6) is 0 Å². The first kappa shape index (κ1) is 27.0. The lowest BCUT2D eigenvalue weighted by Crippen LogP contribution is -2.41. The van der Waals surface area contributed by atoms with Gasteiger partial charge in [0.15, 0.2) is 30.1 Å². The summed E-state index contributed by atoms with van der Waals surface area (Å²) in [6.07, 6.45) is -1.17. The third kappa shape index (κ3) is 5.16. The molecule has 14 nitrogen and oxygen atoms in total. The van der Waals surface area contributed by atoms with Crippen molar-refractivity contribution >= 4 is 46.5 Å².